The van der Waals surface area contributed by atoms with Crippen LogP contribution in [0.3, 0.4) is 0 Å². The minimum Gasteiger partial charge on any atom is -0.478 e. The summed E-state index contributed by atoms with van der Waals surface area (Å²) in [6.07, 6.45) is 1.85. The molecule has 2 N–H and O–H groups in total. The first-order valence-corrected chi connectivity index (χ1v) is 7.32. The van der Waals surface area contributed by atoms with Gasteiger partial charge in [0, 0.05) is 6.20 Å². The summed E-state index contributed by atoms with van der Waals surface area (Å²) in [5.74, 6) is -1.99. The quantitative estimate of drug-likeness (QED) is 0.897. The molecule has 0 unspecified atom stereocenters. The Hall–Kier alpha value is -2.19. The lowest BCUT2D eigenvalue weighted by molar-refractivity contribution is 0.0697. The molecular formula is C12H8ClFN2O4S. The van der Waals surface area contributed by atoms with Gasteiger partial charge in [-0.15, -0.1) is 0 Å². The predicted molar refractivity (Wildman–Crippen MR) is 73.4 cm³/mol. The predicted octanol–water partition coefficient (Wildman–Crippen LogP) is 2.37. The molecule has 0 fully saturated rings. The lowest BCUT2D eigenvalue weighted by Gasteiger charge is -2.09. The number of carbonyl (C=O) groups is 1. The molecule has 1 heterocycles. The zero-order chi connectivity index (χ0) is 15.6. The SMILES string of the molecule is O=C(O)c1ccc(NS(=O)(=O)c2cncc(F)c2)c(Cl)c1. The molecule has 6 nitrogen and oxygen atoms in total. The van der Waals surface area contributed by atoms with Crippen molar-refractivity contribution in [3.63, 3.8) is 0 Å². The van der Waals surface area contributed by atoms with Gasteiger partial charge in [-0.2, -0.15) is 0 Å². The standard InChI is InChI=1S/C12H8ClFN2O4S/c13-10-3-7(12(17)18)1-2-11(10)16-21(19,20)9-4-8(14)5-15-6-9/h1-6,16H,(H,17,18). The molecule has 0 bridgehead atoms. The minimum absolute atomic E-state index is 0.0223. The van der Waals surface area contributed by atoms with E-state index in [9.17, 15) is 17.6 Å². The Balaban J connectivity index is 2.35. The van der Waals surface area contributed by atoms with Crippen LogP contribution in [0.15, 0.2) is 41.6 Å². The lowest BCUT2D eigenvalue weighted by atomic mass is 10.2. The Bertz CT molecular complexity index is 811. The van der Waals surface area contributed by atoms with Crippen LogP contribution in [0.1, 0.15) is 10.4 Å². The molecular weight excluding hydrogens is 323 g/mol. The van der Waals surface area contributed by atoms with E-state index in [0.717, 1.165) is 24.5 Å². The Morgan fingerprint density at radius 1 is 1.29 bits per heavy atom. The number of sulfonamides is 1. The molecule has 0 saturated carbocycles. The third-order valence-electron chi connectivity index (χ3n) is 2.45. The van der Waals surface area contributed by atoms with Crippen molar-refractivity contribution >= 4 is 33.3 Å². The number of aromatic nitrogens is 1. The van der Waals surface area contributed by atoms with Crippen molar-refractivity contribution in [1.29, 1.82) is 0 Å². The smallest absolute Gasteiger partial charge is 0.335 e. The number of pyridine rings is 1. The summed E-state index contributed by atoms with van der Waals surface area (Å²) in [6.45, 7) is 0. The summed E-state index contributed by atoms with van der Waals surface area (Å²) in [5, 5.41) is 8.70. The van der Waals surface area contributed by atoms with Crippen molar-refractivity contribution in [1.82, 2.24) is 4.98 Å². The number of nitrogens with zero attached hydrogens (tertiary/aromatic N) is 1. The summed E-state index contributed by atoms with van der Waals surface area (Å²) in [5.41, 5.74) is -0.110. The lowest BCUT2D eigenvalue weighted by Crippen LogP contribution is -2.14. The third kappa shape index (κ3) is 3.47. The first-order chi connectivity index (χ1) is 9.79. The van der Waals surface area contributed by atoms with Gasteiger partial charge >= 0.3 is 5.97 Å². The van der Waals surface area contributed by atoms with Crippen LogP contribution in [-0.2, 0) is 10.0 Å². The number of hydrogen-bond donors (Lipinski definition) is 2. The fourth-order valence-corrected chi connectivity index (χ4v) is 2.81. The van der Waals surface area contributed by atoms with Crippen LogP contribution in [0.2, 0.25) is 5.02 Å². The number of benzene rings is 1. The number of halogens is 2. The summed E-state index contributed by atoms with van der Waals surface area (Å²) in [4.78, 5) is 13.8. The summed E-state index contributed by atoms with van der Waals surface area (Å²) >= 11 is 5.82. The summed E-state index contributed by atoms with van der Waals surface area (Å²) in [6, 6.07) is 4.30. The van der Waals surface area contributed by atoms with Gasteiger partial charge in [-0.1, -0.05) is 11.6 Å². The summed E-state index contributed by atoms with van der Waals surface area (Å²) < 4.78 is 39.2. The molecule has 9 heteroatoms. The molecule has 0 aliphatic rings. The van der Waals surface area contributed by atoms with Crippen molar-refractivity contribution in [3.8, 4) is 0 Å². The van der Waals surface area contributed by atoms with Gasteiger partial charge in [-0.3, -0.25) is 9.71 Å². The normalized spacial score (nSPS) is 11.1. The van der Waals surface area contributed by atoms with Crippen LogP contribution >= 0.6 is 11.6 Å². The number of hydrogen-bond acceptors (Lipinski definition) is 4. The van der Waals surface area contributed by atoms with E-state index in [4.69, 9.17) is 16.7 Å². The number of anilines is 1. The van der Waals surface area contributed by atoms with E-state index >= 15 is 0 Å². The highest BCUT2D eigenvalue weighted by Crippen LogP contribution is 2.25. The Morgan fingerprint density at radius 3 is 2.57 bits per heavy atom. The molecule has 0 spiro atoms. The van der Waals surface area contributed by atoms with Gasteiger partial charge in [-0.05, 0) is 24.3 Å². The highest BCUT2D eigenvalue weighted by atomic mass is 35.5. The molecule has 0 aliphatic carbocycles. The maximum atomic E-state index is 13.0. The maximum absolute atomic E-state index is 13.0. The third-order valence-corrected chi connectivity index (χ3v) is 4.10. The van der Waals surface area contributed by atoms with Gasteiger partial charge in [0.15, 0.2) is 0 Å². The molecule has 2 aromatic rings. The monoisotopic (exact) mass is 330 g/mol. The molecule has 2 rings (SSSR count). The van der Waals surface area contributed by atoms with Gasteiger partial charge in [0.05, 0.1) is 22.5 Å². The molecule has 0 amide bonds. The number of carboxylic acids is 1. The second-order valence-electron chi connectivity index (χ2n) is 3.94. The second-order valence-corrected chi connectivity index (χ2v) is 6.03. The molecule has 0 aliphatic heterocycles. The largest absolute Gasteiger partial charge is 0.478 e. The fraction of sp³-hybridized carbons (Fsp3) is 0. The highest BCUT2D eigenvalue weighted by molar-refractivity contribution is 7.92. The van der Waals surface area contributed by atoms with Crippen LogP contribution in [-0.4, -0.2) is 24.5 Å². The van der Waals surface area contributed by atoms with E-state index < -0.39 is 21.8 Å². The van der Waals surface area contributed by atoms with E-state index in [2.05, 4.69) is 9.71 Å². The van der Waals surface area contributed by atoms with Crippen molar-refractivity contribution in [2.24, 2.45) is 0 Å². The van der Waals surface area contributed by atoms with Crippen LogP contribution in [0.5, 0.6) is 0 Å². The number of rotatable bonds is 4. The highest BCUT2D eigenvalue weighted by Gasteiger charge is 2.17. The van der Waals surface area contributed by atoms with E-state index in [0.29, 0.717) is 0 Å². The summed E-state index contributed by atoms with van der Waals surface area (Å²) in [7, 11) is -4.08. The average molecular weight is 331 g/mol. The van der Waals surface area contributed by atoms with Crippen LogP contribution < -0.4 is 4.72 Å². The van der Waals surface area contributed by atoms with E-state index in [1.54, 1.807) is 0 Å². The van der Waals surface area contributed by atoms with E-state index in [1.165, 1.54) is 12.1 Å². The minimum atomic E-state index is -4.08. The topological polar surface area (TPSA) is 96.4 Å². The van der Waals surface area contributed by atoms with E-state index in [1.807, 2.05) is 0 Å². The van der Waals surface area contributed by atoms with Crippen molar-refractivity contribution in [2.45, 2.75) is 4.90 Å². The van der Waals surface area contributed by atoms with Gasteiger partial charge < -0.3 is 5.11 Å². The van der Waals surface area contributed by atoms with Crippen LogP contribution in [0.4, 0.5) is 10.1 Å². The van der Waals surface area contributed by atoms with Gasteiger partial charge in [0.25, 0.3) is 10.0 Å². The first kappa shape index (κ1) is 15.2. The van der Waals surface area contributed by atoms with Gasteiger partial charge in [0.2, 0.25) is 0 Å². The molecule has 1 aromatic heterocycles. The average Bonchev–Trinajstić information content (AvgIpc) is 2.40. The zero-order valence-corrected chi connectivity index (χ0v) is 11.8. The molecule has 0 saturated heterocycles. The Kier molecular flexibility index (Phi) is 4.10. The van der Waals surface area contributed by atoms with Crippen LogP contribution in [0, 0.1) is 5.82 Å². The molecule has 0 radical (unpaired) electrons. The molecule has 21 heavy (non-hydrogen) atoms. The Labute approximate surface area is 124 Å². The van der Waals surface area contributed by atoms with Crippen molar-refractivity contribution in [3.05, 3.63) is 53.1 Å². The van der Waals surface area contributed by atoms with Crippen molar-refractivity contribution < 1.29 is 22.7 Å². The van der Waals surface area contributed by atoms with E-state index in [-0.39, 0.29) is 21.2 Å². The molecule has 1 aromatic carbocycles. The van der Waals surface area contributed by atoms with Gasteiger partial charge in [-0.25, -0.2) is 17.6 Å². The molecule has 110 valence electrons. The van der Waals surface area contributed by atoms with Crippen LogP contribution in [0.25, 0.3) is 0 Å². The Morgan fingerprint density at radius 2 is 2.00 bits per heavy atom. The second kappa shape index (κ2) is 5.66. The molecule has 0 atom stereocenters. The number of aromatic carboxylic acids is 1. The first-order valence-electron chi connectivity index (χ1n) is 5.46. The number of nitrogens with one attached hydrogen (secondary N) is 1. The maximum Gasteiger partial charge on any atom is 0.335 e. The van der Waals surface area contributed by atoms with Crippen molar-refractivity contribution in [2.75, 3.05) is 4.72 Å². The number of carboxylic acid groups (broad SMARTS) is 1. The van der Waals surface area contributed by atoms with Gasteiger partial charge in [0.1, 0.15) is 10.7 Å². The zero-order valence-electron chi connectivity index (χ0n) is 10.2. The fourth-order valence-electron chi connectivity index (χ4n) is 1.47.